The van der Waals surface area contributed by atoms with E-state index in [1.807, 2.05) is 6.26 Å². The molecule has 0 fully saturated rings. The zero-order valence-corrected chi connectivity index (χ0v) is 21.7. The number of carbonyl (C=O) groups is 5. The second kappa shape index (κ2) is 17.3. The molecule has 0 saturated carbocycles. The summed E-state index contributed by atoms with van der Waals surface area (Å²) in [6.07, 6.45) is 5.98. The third-order valence-corrected chi connectivity index (χ3v) is 6.10. The zero-order chi connectivity index (χ0) is 27.8. The van der Waals surface area contributed by atoms with Gasteiger partial charge in [-0.15, -0.1) is 0 Å². The Kier molecular flexibility index (Phi) is 14.9. The van der Waals surface area contributed by atoms with Crippen molar-refractivity contribution in [3.8, 4) is 0 Å². The van der Waals surface area contributed by atoms with E-state index in [0.717, 1.165) is 0 Å². The van der Waals surface area contributed by atoms with Crippen LogP contribution in [0.15, 0.2) is 12.5 Å². The number of carbonyl (C=O) groups excluding carboxylic acids is 4. The lowest BCUT2D eigenvalue weighted by Gasteiger charge is -2.25. The van der Waals surface area contributed by atoms with Gasteiger partial charge in [0, 0.05) is 24.7 Å². The number of hydrogen-bond donors (Lipinski definition) is 8. The number of aliphatic carboxylic acids is 1. The molecule has 15 heteroatoms. The number of hydrogen-bond acceptors (Lipinski definition) is 9. The van der Waals surface area contributed by atoms with Gasteiger partial charge in [-0.2, -0.15) is 11.8 Å². The van der Waals surface area contributed by atoms with E-state index in [1.54, 1.807) is 0 Å². The normalized spacial score (nSPS) is 14.1. The number of imidazole rings is 1. The highest BCUT2D eigenvalue weighted by molar-refractivity contribution is 7.98. The Morgan fingerprint density at radius 2 is 1.65 bits per heavy atom. The summed E-state index contributed by atoms with van der Waals surface area (Å²) in [6, 6.07) is -4.45. The molecule has 37 heavy (non-hydrogen) atoms. The number of carboxylic acids is 1. The van der Waals surface area contributed by atoms with Crippen molar-refractivity contribution in [3.63, 3.8) is 0 Å². The Morgan fingerprint density at radius 3 is 2.22 bits per heavy atom. The monoisotopic (exact) mass is 542 g/mol. The maximum Gasteiger partial charge on any atom is 0.326 e. The summed E-state index contributed by atoms with van der Waals surface area (Å²) in [5.41, 5.74) is 17.1. The van der Waals surface area contributed by atoms with Crippen molar-refractivity contribution < 1.29 is 29.1 Å². The molecular formula is C22H38N8O6S. The number of rotatable bonds is 19. The molecule has 1 aromatic rings. The minimum absolute atomic E-state index is 0.0216. The second-order valence-corrected chi connectivity index (χ2v) is 9.47. The minimum atomic E-state index is -1.28. The summed E-state index contributed by atoms with van der Waals surface area (Å²) in [4.78, 5) is 68.5. The largest absolute Gasteiger partial charge is 0.480 e. The summed E-state index contributed by atoms with van der Waals surface area (Å²) < 4.78 is 0. The van der Waals surface area contributed by atoms with Crippen LogP contribution >= 0.6 is 11.8 Å². The molecule has 0 bridgehead atoms. The number of H-pyrrole nitrogens is 1. The predicted molar refractivity (Wildman–Crippen MR) is 138 cm³/mol. The van der Waals surface area contributed by atoms with E-state index in [2.05, 4.69) is 25.9 Å². The number of nitrogens with one attached hydrogen (secondary N) is 4. The molecule has 14 nitrogen and oxygen atoms in total. The average Bonchev–Trinajstić information content (AvgIpc) is 3.36. The molecule has 0 saturated heterocycles. The van der Waals surface area contributed by atoms with Gasteiger partial charge in [0.1, 0.15) is 18.1 Å². The SMILES string of the molecule is CSCCC(N)C(=O)NC(Cc1cnc[nH]1)C(=O)NC(CCC(N)=O)C(=O)NC(CCCCN)C(=O)O. The zero-order valence-electron chi connectivity index (χ0n) is 20.9. The van der Waals surface area contributed by atoms with Gasteiger partial charge < -0.3 is 43.2 Å². The fourth-order valence-electron chi connectivity index (χ4n) is 3.33. The van der Waals surface area contributed by atoms with Crippen molar-refractivity contribution >= 4 is 41.4 Å². The Balaban J connectivity index is 3.03. The van der Waals surface area contributed by atoms with E-state index in [1.165, 1.54) is 24.3 Å². The van der Waals surface area contributed by atoms with Crippen molar-refractivity contribution in [2.75, 3.05) is 18.6 Å². The molecular weight excluding hydrogens is 504 g/mol. The van der Waals surface area contributed by atoms with Gasteiger partial charge >= 0.3 is 5.97 Å². The van der Waals surface area contributed by atoms with E-state index in [4.69, 9.17) is 17.2 Å². The van der Waals surface area contributed by atoms with Crippen molar-refractivity contribution in [2.45, 2.75) is 69.1 Å². The first-order valence-corrected chi connectivity index (χ1v) is 13.3. The number of carboxylic acid groups (broad SMARTS) is 1. The first-order chi connectivity index (χ1) is 17.6. The first kappa shape index (κ1) is 31.9. The molecule has 4 unspecified atom stereocenters. The number of aromatic nitrogens is 2. The van der Waals surface area contributed by atoms with Gasteiger partial charge in [0.15, 0.2) is 0 Å². The van der Waals surface area contributed by atoms with E-state index in [9.17, 15) is 29.1 Å². The minimum Gasteiger partial charge on any atom is -0.480 e. The quantitative estimate of drug-likeness (QED) is 0.0890. The van der Waals surface area contributed by atoms with Crippen LogP contribution in [0.2, 0.25) is 0 Å². The van der Waals surface area contributed by atoms with Gasteiger partial charge in [-0.1, -0.05) is 0 Å². The lowest BCUT2D eigenvalue weighted by Crippen LogP contribution is -2.57. The van der Waals surface area contributed by atoms with Gasteiger partial charge in [-0.3, -0.25) is 19.2 Å². The summed E-state index contributed by atoms with van der Waals surface area (Å²) >= 11 is 1.53. The van der Waals surface area contributed by atoms with Crippen LogP contribution in [0, 0.1) is 0 Å². The van der Waals surface area contributed by atoms with Crippen molar-refractivity contribution in [1.82, 2.24) is 25.9 Å². The molecule has 1 rings (SSSR count). The number of amides is 4. The predicted octanol–water partition coefficient (Wildman–Crippen LogP) is -2.03. The van der Waals surface area contributed by atoms with E-state index >= 15 is 0 Å². The fourth-order valence-corrected chi connectivity index (χ4v) is 3.82. The van der Waals surface area contributed by atoms with Crippen LogP contribution in [-0.4, -0.2) is 87.4 Å². The Bertz CT molecular complexity index is 885. The lowest BCUT2D eigenvalue weighted by atomic mass is 10.1. The van der Waals surface area contributed by atoms with Crippen LogP contribution < -0.4 is 33.2 Å². The van der Waals surface area contributed by atoms with Gasteiger partial charge in [-0.05, 0) is 50.7 Å². The fraction of sp³-hybridized carbons (Fsp3) is 0.636. The highest BCUT2D eigenvalue weighted by atomic mass is 32.2. The Morgan fingerprint density at radius 1 is 1.00 bits per heavy atom. The molecule has 0 aromatic carbocycles. The average molecular weight is 543 g/mol. The molecule has 0 aliphatic carbocycles. The standard InChI is InChI=1S/C22H38N8O6S/c1-37-9-7-14(24)19(32)30-17(10-13-11-26-12-27-13)21(34)28-15(5-6-18(25)31)20(33)29-16(22(35)36)4-2-3-8-23/h11-12,14-17H,2-10,23-24H2,1H3,(H2,25,31)(H,26,27)(H,28,34)(H,29,33)(H,30,32)(H,35,36). The third-order valence-electron chi connectivity index (χ3n) is 5.46. The van der Waals surface area contributed by atoms with Crippen LogP contribution in [-0.2, 0) is 30.4 Å². The second-order valence-electron chi connectivity index (χ2n) is 8.48. The van der Waals surface area contributed by atoms with Crippen molar-refractivity contribution in [3.05, 3.63) is 18.2 Å². The van der Waals surface area contributed by atoms with Gasteiger partial charge in [0.05, 0.1) is 12.4 Å². The topological polar surface area (TPSA) is 248 Å². The molecule has 0 aliphatic heterocycles. The number of nitrogens with two attached hydrogens (primary N) is 3. The molecule has 0 radical (unpaired) electrons. The first-order valence-electron chi connectivity index (χ1n) is 11.9. The van der Waals surface area contributed by atoms with Gasteiger partial charge in [0.2, 0.25) is 23.6 Å². The molecule has 1 aromatic heterocycles. The molecule has 0 spiro atoms. The van der Waals surface area contributed by atoms with Crippen molar-refractivity contribution in [1.29, 1.82) is 0 Å². The van der Waals surface area contributed by atoms with Crippen LogP contribution in [0.1, 0.15) is 44.2 Å². The highest BCUT2D eigenvalue weighted by Crippen LogP contribution is 2.07. The molecule has 1 heterocycles. The van der Waals surface area contributed by atoms with Crippen LogP contribution in [0.5, 0.6) is 0 Å². The van der Waals surface area contributed by atoms with E-state index < -0.39 is 53.8 Å². The van der Waals surface area contributed by atoms with E-state index in [0.29, 0.717) is 37.3 Å². The third kappa shape index (κ3) is 12.6. The van der Waals surface area contributed by atoms with Gasteiger partial charge in [-0.25, -0.2) is 9.78 Å². The molecule has 11 N–H and O–H groups in total. The van der Waals surface area contributed by atoms with Crippen LogP contribution in [0.3, 0.4) is 0 Å². The Labute approximate surface area is 219 Å². The smallest absolute Gasteiger partial charge is 0.326 e. The molecule has 208 valence electrons. The summed E-state index contributed by atoms with van der Waals surface area (Å²) in [5.74, 6) is -3.35. The van der Waals surface area contributed by atoms with Crippen molar-refractivity contribution in [2.24, 2.45) is 17.2 Å². The Hall–Kier alpha value is -3.17. The maximum absolute atomic E-state index is 13.2. The summed E-state index contributed by atoms with van der Waals surface area (Å²) in [6.45, 7) is 0.377. The van der Waals surface area contributed by atoms with Crippen LogP contribution in [0.4, 0.5) is 0 Å². The van der Waals surface area contributed by atoms with Gasteiger partial charge in [0.25, 0.3) is 0 Å². The molecule has 4 amide bonds. The number of aromatic amines is 1. The highest BCUT2D eigenvalue weighted by Gasteiger charge is 2.30. The summed E-state index contributed by atoms with van der Waals surface area (Å²) in [5, 5.41) is 17.0. The lowest BCUT2D eigenvalue weighted by molar-refractivity contribution is -0.142. The van der Waals surface area contributed by atoms with E-state index in [-0.39, 0.29) is 25.7 Å². The number of nitrogens with zero attached hydrogens (tertiary/aromatic N) is 1. The maximum atomic E-state index is 13.2. The summed E-state index contributed by atoms with van der Waals surface area (Å²) in [7, 11) is 0. The molecule has 0 aliphatic rings. The number of thioether (sulfide) groups is 1. The number of primary amides is 1. The molecule has 4 atom stereocenters. The number of unbranched alkanes of at least 4 members (excludes halogenated alkanes) is 1. The van der Waals surface area contributed by atoms with Crippen LogP contribution in [0.25, 0.3) is 0 Å².